The van der Waals surface area contributed by atoms with Crippen molar-refractivity contribution in [1.29, 1.82) is 0 Å². The van der Waals surface area contributed by atoms with Crippen molar-refractivity contribution < 1.29 is 22.7 Å². The Kier molecular flexibility index (Phi) is 6.06. The van der Waals surface area contributed by atoms with Crippen LogP contribution >= 0.6 is 23.4 Å². The van der Waals surface area contributed by atoms with E-state index < -0.39 is 17.8 Å². The van der Waals surface area contributed by atoms with Gasteiger partial charge in [-0.1, -0.05) is 35.5 Å². The standard InChI is InChI=1S/C15H12ClF3N2O2S/c1-2-23-13(22)8-24-14-20-11(7-12(21-14)15(17,18)19)9-3-5-10(16)6-4-9/h3-7H,2,8H2,1H3. The van der Waals surface area contributed by atoms with Gasteiger partial charge in [0.15, 0.2) is 5.16 Å². The summed E-state index contributed by atoms with van der Waals surface area (Å²) in [6, 6.07) is 7.09. The third-order valence-electron chi connectivity index (χ3n) is 2.76. The van der Waals surface area contributed by atoms with E-state index >= 15 is 0 Å². The molecular formula is C15H12ClF3N2O2S. The van der Waals surface area contributed by atoms with Crippen molar-refractivity contribution in [3.63, 3.8) is 0 Å². The molecule has 0 radical (unpaired) electrons. The monoisotopic (exact) mass is 376 g/mol. The van der Waals surface area contributed by atoms with Gasteiger partial charge in [0.25, 0.3) is 0 Å². The van der Waals surface area contributed by atoms with Gasteiger partial charge in [-0.3, -0.25) is 4.79 Å². The summed E-state index contributed by atoms with van der Waals surface area (Å²) < 4.78 is 43.8. The van der Waals surface area contributed by atoms with Crippen LogP contribution in [0.15, 0.2) is 35.5 Å². The lowest BCUT2D eigenvalue weighted by molar-refractivity contribution is -0.141. The predicted molar refractivity (Wildman–Crippen MR) is 84.8 cm³/mol. The molecule has 0 aliphatic carbocycles. The minimum atomic E-state index is -4.62. The number of thioether (sulfide) groups is 1. The van der Waals surface area contributed by atoms with Crippen molar-refractivity contribution in [2.45, 2.75) is 18.3 Å². The molecule has 0 aliphatic rings. The van der Waals surface area contributed by atoms with Gasteiger partial charge >= 0.3 is 12.1 Å². The summed E-state index contributed by atoms with van der Waals surface area (Å²) in [5, 5.41) is 0.309. The molecule has 128 valence electrons. The SMILES string of the molecule is CCOC(=O)CSc1nc(-c2ccc(Cl)cc2)cc(C(F)(F)F)n1. The minimum absolute atomic E-state index is 0.0975. The largest absolute Gasteiger partial charge is 0.465 e. The third kappa shape index (κ3) is 5.10. The van der Waals surface area contributed by atoms with E-state index in [-0.39, 0.29) is 23.2 Å². The number of benzene rings is 1. The summed E-state index contributed by atoms with van der Waals surface area (Å²) in [7, 11) is 0. The van der Waals surface area contributed by atoms with Gasteiger partial charge in [-0.15, -0.1) is 0 Å². The molecular weight excluding hydrogens is 365 g/mol. The average Bonchev–Trinajstić information content (AvgIpc) is 2.53. The Bertz CT molecular complexity index is 724. The number of halogens is 4. The average molecular weight is 377 g/mol. The molecule has 0 bridgehead atoms. The van der Waals surface area contributed by atoms with Crippen LogP contribution < -0.4 is 0 Å². The fraction of sp³-hybridized carbons (Fsp3) is 0.267. The van der Waals surface area contributed by atoms with Crippen molar-refractivity contribution >= 4 is 29.3 Å². The van der Waals surface area contributed by atoms with Crippen LogP contribution in [0.4, 0.5) is 13.2 Å². The first-order valence-electron chi connectivity index (χ1n) is 6.80. The molecule has 1 aromatic carbocycles. The third-order valence-corrected chi connectivity index (χ3v) is 3.83. The van der Waals surface area contributed by atoms with E-state index in [2.05, 4.69) is 9.97 Å². The smallest absolute Gasteiger partial charge is 0.433 e. The quantitative estimate of drug-likeness (QED) is 0.438. The first-order chi connectivity index (χ1) is 11.3. The molecule has 0 amide bonds. The van der Waals surface area contributed by atoms with Gasteiger partial charge < -0.3 is 4.74 Å². The molecule has 2 rings (SSSR count). The highest BCUT2D eigenvalue weighted by Crippen LogP contribution is 2.32. The molecule has 0 fully saturated rings. The number of nitrogens with zero attached hydrogens (tertiary/aromatic N) is 2. The minimum Gasteiger partial charge on any atom is -0.465 e. The maximum absolute atomic E-state index is 13.0. The predicted octanol–water partition coefficient (Wildman–Crippen LogP) is 4.47. The summed E-state index contributed by atoms with van der Waals surface area (Å²) in [5.74, 6) is -0.716. The topological polar surface area (TPSA) is 52.1 Å². The number of hydrogen-bond acceptors (Lipinski definition) is 5. The number of hydrogen-bond donors (Lipinski definition) is 0. The summed E-state index contributed by atoms with van der Waals surface area (Å²) in [4.78, 5) is 18.9. The molecule has 0 saturated carbocycles. The fourth-order valence-corrected chi connectivity index (χ4v) is 2.51. The number of alkyl halides is 3. The maximum atomic E-state index is 13.0. The van der Waals surface area contributed by atoms with Crippen molar-refractivity contribution in [1.82, 2.24) is 9.97 Å². The van der Waals surface area contributed by atoms with Crippen LogP contribution in [-0.4, -0.2) is 28.3 Å². The first kappa shape index (κ1) is 18.5. The number of rotatable bonds is 5. The zero-order valence-electron chi connectivity index (χ0n) is 12.4. The van der Waals surface area contributed by atoms with Gasteiger partial charge in [0.1, 0.15) is 5.69 Å². The normalized spacial score (nSPS) is 11.4. The van der Waals surface area contributed by atoms with E-state index in [4.69, 9.17) is 16.3 Å². The fourth-order valence-electron chi connectivity index (χ4n) is 1.73. The van der Waals surface area contributed by atoms with E-state index in [0.717, 1.165) is 17.8 Å². The van der Waals surface area contributed by atoms with Crippen LogP contribution in [-0.2, 0) is 15.7 Å². The Balaban J connectivity index is 2.34. The second-order valence-corrected chi connectivity index (χ2v) is 5.90. The molecule has 2 aromatic rings. The van der Waals surface area contributed by atoms with Gasteiger partial charge in [-0.2, -0.15) is 13.2 Å². The van der Waals surface area contributed by atoms with Crippen LogP contribution in [0.5, 0.6) is 0 Å². The Morgan fingerprint density at radius 2 is 1.92 bits per heavy atom. The maximum Gasteiger partial charge on any atom is 0.433 e. The molecule has 0 unspecified atom stereocenters. The van der Waals surface area contributed by atoms with Gasteiger partial charge in [-0.25, -0.2) is 9.97 Å². The lowest BCUT2D eigenvalue weighted by Gasteiger charge is -2.10. The Morgan fingerprint density at radius 1 is 1.25 bits per heavy atom. The highest BCUT2D eigenvalue weighted by Gasteiger charge is 2.34. The molecule has 24 heavy (non-hydrogen) atoms. The molecule has 0 aliphatic heterocycles. The number of carbonyl (C=O) groups is 1. The van der Waals surface area contributed by atoms with E-state index in [1.165, 1.54) is 0 Å². The Morgan fingerprint density at radius 3 is 2.50 bits per heavy atom. The van der Waals surface area contributed by atoms with Crippen molar-refractivity contribution in [2.24, 2.45) is 0 Å². The summed E-state index contributed by atoms with van der Waals surface area (Å²) in [6.45, 7) is 1.83. The molecule has 4 nitrogen and oxygen atoms in total. The van der Waals surface area contributed by atoms with Crippen molar-refractivity contribution in [3.05, 3.63) is 41.0 Å². The second-order valence-electron chi connectivity index (χ2n) is 4.52. The van der Waals surface area contributed by atoms with E-state index in [0.29, 0.717) is 10.6 Å². The summed E-state index contributed by atoms with van der Waals surface area (Å²) in [5.41, 5.74) is -0.514. The molecule has 9 heteroatoms. The lowest BCUT2D eigenvalue weighted by atomic mass is 10.1. The number of aromatic nitrogens is 2. The first-order valence-corrected chi connectivity index (χ1v) is 8.16. The van der Waals surface area contributed by atoms with E-state index in [1.807, 2.05) is 0 Å². The Hall–Kier alpha value is -1.80. The molecule has 0 saturated heterocycles. The highest BCUT2D eigenvalue weighted by molar-refractivity contribution is 7.99. The van der Waals surface area contributed by atoms with Gasteiger partial charge in [0.05, 0.1) is 18.1 Å². The molecule has 0 atom stereocenters. The highest BCUT2D eigenvalue weighted by atomic mass is 35.5. The second kappa shape index (κ2) is 7.85. The Labute approximate surface area is 145 Å². The lowest BCUT2D eigenvalue weighted by Crippen LogP contribution is -2.11. The zero-order chi connectivity index (χ0) is 17.7. The van der Waals surface area contributed by atoms with Crippen molar-refractivity contribution in [2.75, 3.05) is 12.4 Å². The number of carbonyl (C=O) groups excluding carboxylic acids is 1. The van der Waals surface area contributed by atoms with Crippen molar-refractivity contribution in [3.8, 4) is 11.3 Å². The molecule has 0 N–H and O–H groups in total. The van der Waals surface area contributed by atoms with Crippen LogP contribution in [0.25, 0.3) is 11.3 Å². The van der Waals surface area contributed by atoms with Gasteiger partial charge in [-0.05, 0) is 25.1 Å². The molecule has 1 aromatic heterocycles. The number of ether oxygens (including phenoxy) is 1. The molecule has 1 heterocycles. The van der Waals surface area contributed by atoms with Crippen LogP contribution in [0, 0.1) is 0 Å². The van der Waals surface area contributed by atoms with E-state index in [1.54, 1.807) is 31.2 Å². The zero-order valence-corrected chi connectivity index (χ0v) is 14.0. The van der Waals surface area contributed by atoms with Crippen LogP contribution in [0.1, 0.15) is 12.6 Å². The summed E-state index contributed by atoms with van der Waals surface area (Å²) in [6.07, 6.45) is -4.62. The van der Waals surface area contributed by atoms with Crippen LogP contribution in [0.3, 0.4) is 0 Å². The van der Waals surface area contributed by atoms with Gasteiger partial charge in [0.2, 0.25) is 0 Å². The number of esters is 1. The summed E-state index contributed by atoms with van der Waals surface area (Å²) >= 11 is 6.57. The van der Waals surface area contributed by atoms with Crippen LogP contribution in [0.2, 0.25) is 5.02 Å². The van der Waals surface area contributed by atoms with Gasteiger partial charge in [0, 0.05) is 10.6 Å². The van der Waals surface area contributed by atoms with E-state index in [9.17, 15) is 18.0 Å². The molecule has 0 spiro atoms.